The van der Waals surface area contributed by atoms with Crippen LogP contribution in [0.5, 0.6) is 0 Å². The highest BCUT2D eigenvalue weighted by atomic mass is 32.1. The van der Waals surface area contributed by atoms with Crippen LogP contribution in [0.25, 0.3) is 0 Å². The summed E-state index contributed by atoms with van der Waals surface area (Å²) in [4.78, 5) is 25.4. The first-order valence-corrected chi connectivity index (χ1v) is 5.73. The van der Waals surface area contributed by atoms with Gasteiger partial charge in [0.1, 0.15) is 0 Å². The zero-order valence-electron chi connectivity index (χ0n) is 8.60. The molecule has 0 aliphatic heterocycles. The summed E-state index contributed by atoms with van der Waals surface area (Å²) in [7, 11) is 0. The number of nitrogens with one attached hydrogen (secondary N) is 2. The molecule has 0 aliphatic rings. The number of amides is 2. The number of carboxylic acids is 1. The minimum absolute atomic E-state index is 0.0699. The summed E-state index contributed by atoms with van der Waals surface area (Å²) in [6, 6.07) is -0.350. The topological polar surface area (TPSA) is 91.3 Å². The molecule has 1 heterocycles. The van der Waals surface area contributed by atoms with E-state index in [4.69, 9.17) is 5.11 Å². The average Bonchev–Trinajstić information content (AvgIpc) is 2.70. The van der Waals surface area contributed by atoms with E-state index in [1.54, 1.807) is 5.51 Å². The standard InChI is InChI=1S/C9H13N3O3S/c13-8(14)2-4-11-9(15)10-3-1-7-5-16-6-12-7/h5-6H,1-4H2,(H,13,14)(H2,10,11,15). The lowest BCUT2D eigenvalue weighted by molar-refractivity contribution is -0.136. The molecule has 0 aromatic carbocycles. The maximum atomic E-state index is 11.1. The van der Waals surface area contributed by atoms with E-state index in [0.29, 0.717) is 13.0 Å². The van der Waals surface area contributed by atoms with Gasteiger partial charge >= 0.3 is 12.0 Å². The number of rotatable bonds is 6. The highest BCUT2D eigenvalue weighted by molar-refractivity contribution is 7.07. The normalized spacial score (nSPS) is 9.75. The summed E-state index contributed by atoms with van der Waals surface area (Å²) in [5.41, 5.74) is 2.68. The lowest BCUT2D eigenvalue weighted by atomic mass is 10.3. The second-order valence-electron chi connectivity index (χ2n) is 3.06. The molecule has 0 bridgehead atoms. The molecule has 0 saturated heterocycles. The first-order valence-electron chi connectivity index (χ1n) is 4.79. The van der Waals surface area contributed by atoms with Crippen LogP contribution in [-0.2, 0) is 11.2 Å². The number of carbonyl (C=O) groups excluding carboxylic acids is 1. The number of hydrogen-bond acceptors (Lipinski definition) is 4. The van der Waals surface area contributed by atoms with Gasteiger partial charge in [0, 0.05) is 24.9 Å². The van der Waals surface area contributed by atoms with Crippen molar-refractivity contribution in [2.75, 3.05) is 13.1 Å². The fourth-order valence-electron chi connectivity index (χ4n) is 1.01. The van der Waals surface area contributed by atoms with Crippen LogP contribution in [0.2, 0.25) is 0 Å². The van der Waals surface area contributed by atoms with Gasteiger partial charge < -0.3 is 15.7 Å². The van der Waals surface area contributed by atoms with Crippen LogP contribution in [0.4, 0.5) is 4.79 Å². The second kappa shape index (κ2) is 6.78. The molecule has 0 unspecified atom stereocenters. The van der Waals surface area contributed by atoms with Crippen molar-refractivity contribution in [2.24, 2.45) is 0 Å². The lowest BCUT2D eigenvalue weighted by Gasteiger charge is -2.05. The van der Waals surface area contributed by atoms with Gasteiger partial charge in [-0.3, -0.25) is 4.79 Å². The predicted molar refractivity (Wildman–Crippen MR) is 59.5 cm³/mol. The zero-order chi connectivity index (χ0) is 11.8. The van der Waals surface area contributed by atoms with Crippen LogP contribution in [-0.4, -0.2) is 35.2 Å². The van der Waals surface area contributed by atoms with E-state index >= 15 is 0 Å². The van der Waals surface area contributed by atoms with Gasteiger partial charge in [-0.25, -0.2) is 9.78 Å². The van der Waals surface area contributed by atoms with Gasteiger partial charge in [0.2, 0.25) is 0 Å². The SMILES string of the molecule is O=C(O)CCNC(=O)NCCc1cscn1. The smallest absolute Gasteiger partial charge is 0.314 e. The highest BCUT2D eigenvalue weighted by Gasteiger charge is 2.01. The van der Waals surface area contributed by atoms with E-state index in [-0.39, 0.29) is 19.0 Å². The van der Waals surface area contributed by atoms with Gasteiger partial charge in [0.25, 0.3) is 0 Å². The Labute approximate surface area is 96.7 Å². The molecule has 16 heavy (non-hydrogen) atoms. The quantitative estimate of drug-likeness (QED) is 0.677. The van der Waals surface area contributed by atoms with Crippen LogP contribution in [0.3, 0.4) is 0 Å². The van der Waals surface area contributed by atoms with E-state index < -0.39 is 5.97 Å². The number of hydrogen-bond donors (Lipinski definition) is 3. The summed E-state index contributed by atoms with van der Waals surface area (Å²) in [6.07, 6.45) is 0.607. The van der Waals surface area contributed by atoms with Crippen LogP contribution in [0, 0.1) is 0 Å². The number of thiazole rings is 1. The van der Waals surface area contributed by atoms with Crippen molar-refractivity contribution in [1.29, 1.82) is 0 Å². The Morgan fingerprint density at radius 3 is 2.75 bits per heavy atom. The first kappa shape index (κ1) is 12.4. The Bertz CT molecular complexity index is 340. The van der Waals surface area contributed by atoms with E-state index in [1.165, 1.54) is 11.3 Å². The summed E-state index contributed by atoms with van der Waals surface area (Å²) in [5.74, 6) is -0.928. The van der Waals surface area contributed by atoms with Crippen LogP contribution < -0.4 is 10.6 Å². The number of carboxylic acid groups (broad SMARTS) is 1. The lowest BCUT2D eigenvalue weighted by Crippen LogP contribution is -2.37. The Hall–Kier alpha value is -1.63. The maximum absolute atomic E-state index is 11.1. The molecule has 0 radical (unpaired) electrons. The summed E-state index contributed by atoms with van der Waals surface area (Å²) in [5, 5.41) is 15.3. The molecule has 7 heteroatoms. The number of aromatic nitrogens is 1. The van der Waals surface area contributed by atoms with E-state index in [2.05, 4.69) is 15.6 Å². The molecule has 0 atom stereocenters. The van der Waals surface area contributed by atoms with Crippen LogP contribution >= 0.6 is 11.3 Å². The largest absolute Gasteiger partial charge is 0.481 e. The number of urea groups is 1. The molecule has 0 spiro atoms. The first-order chi connectivity index (χ1) is 7.68. The molecule has 88 valence electrons. The molecule has 2 amide bonds. The molecule has 1 aromatic heterocycles. The Morgan fingerprint density at radius 2 is 2.12 bits per heavy atom. The number of aliphatic carboxylic acids is 1. The van der Waals surface area contributed by atoms with Crippen LogP contribution in [0.1, 0.15) is 12.1 Å². The van der Waals surface area contributed by atoms with Crippen molar-refractivity contribution in [3.8, 4) is 0 Å². The molecule has 0 saturated carbocycles. The minimum Gasteiger partial charge on any atom is -0.481 e. The summed E-state index contributed by atoms with van der Waals surface area (Å²) >= 11 is 1.51. The molecular weight excluding hydrogens is 230 g/mol. The second-order valence-corrected chi connectivity index (χ2v) is 3.77. The third kappa shape index (κ3) is 5.30. The Balaban J connectivity index is 2.04. The third-order valence-electron chi connectivity index (χ3n) is 1.77. The van der Waals surface area contributed by atoms with Crippen molar-refractivity contribution in [3.63, 3.8) is 0 Å². The highest BCUT2D eigenvalue weighted by Crippen LogP contribution is 2.00. The Kier molecular flexibility index (Phi) is 5.27. The monoisotopic (exact) mass is 243 g/mol. The van der Waals surface area contributed by atoms with E-state index in [0.717, 1.165) is 5.69 Å². The Morgan fingerprint density at radius 1 is 1.38 bits per heavy atom. The molecule has 0 aliphatic carbocycles. The van der Waals surface area contributed by atoms with Crippen LogP contribution in [0.15, 0.2) is 10.9 Å². The molecule has 1 rings (SSSR count). The van der Waals surface area contributed by atoms with Crippen molar-refractivity contribution in [1.82, 2.24) is 15.6 Å². The van der Waals surface area contributed by atoms with Crippen molar-refractivity contribution < 1.29 is 14.7 Å². The van der Waals surface area contributed by atoms with Crippen molar-refractivity contribution >= 4 is 23.3 Å². The molecular formula is C9H13N3O3S. The maximum Gasteiger partial charge on any atom is 0.314 e. The van der Waals surface area contributed by atoms with Crippen molar-refractivity contribution in [2.45, 2.75) is 12.8 Å². The fraction of sp³-hybridized carbons (Fsp3) is 0.444. The van der Waals surface area contributed by atoms with Gasteiger partial charge in [0.15, 0.2) is 0 Å². The third-order valence-corrected chi connectivity index (χ3v) is 2.41. The number of nitrogens with zero attached hydrogens (tertiary/aromatic N) is 1. The van der Waals surface area contributed by atoms with Gasteiger partial charge in [0.05, 0.1) is 17.6 Å². The average molecular weight is 243 g/mol. The van der Waals surface area contributed by atoms with E-state index in [9.17, 15) is 9.59 Å². The molecule has 3 N–H and O–H groups in total. The molecule has 0 fully saturated rings. The number of carbonyl (C=O) groups is 2. The summed E-state index contributed by atoms with van der Waals surface area (Å²) < 4.78 is 0. The predicted octanol–water partition coefficient (Wildman–Crippen LogP) is 0.460. The summed E-state index contributed by atoms with van der Waals surface area (Å²) in [6.45, 7) is 0.626. The van der Waals surface area contributed by atoms with Gasteiger partial charge in [-0.1, -0.05) is 0 Å². The molecule has 6 nitrogen and oxygen atoms in total. The molecule has 1 aromatic rings. The van der Waals surface area contributed by atoms with Gasteiger partial charge in [-0.05, 0) is 0 Å². The van der Waals surface area contributed by atoms with Crippen molar-refractivity contribution in [3.05, 3.63) is 16.6 Å². The fourth-order valence-corrected chi connectivity index (χ4v) is 1.60. The van der Waals surface area contributed by atoms with E-state index in [1.807, 2.05) is 5.38 Å². The minimum atomic E-state index is -0.928. The zero-order valence-corrected chi connectivity index (χ0v) is 9.42. The van der Waals surface area contributed by atoms with Gasteiger partial charge in [-0.15, -0.1) is 11.3 Å². The van der Waals surface area contributed by atoms with Gasteiger partial charge in [-0.2, -0.15) is 0 Å².